The number of ether oxygens (including phenoxy) is 2. The molecular formula is C25H33NO3. The third kappa shape index (κ3) is 6.97. The number of methoxy groups -OCH3 is 1. The van der Waals surface area contributed by atoms with Gasteiger partial charge in [0.2, 0.25) is 5.91 Å². The number of carbonyl (C=O) groups is 1. The van der Waals surface area contributed by atoms with Crippen molar-refractivity contribution in [3.63, 3.8) is 0 Å². The molecule has 0 radical (unpaired) electrons. The van der Waals surface area contributed by atoms with Crippen molar-refractivity contribution in [3.8, 4) is 11.5 Å². The first-order valence-corrected chi connectivity index (χ1v) is 10.3. The normalized spacial score (nSPS) is 10.9. The number of aryl methyl sites for hydroxylation is 3. The molecule has 1 amide bonds. The molecule has 0 aliphatic carbocycles. The minimum absolute atomic E-state index is 0.157. The van der Waals surface area contributed by atoms with Gasteiger partial charge in [0.1, 0.15) is 0 Å². The summed E-state index contributed by atoms with van der Waals surface area (Å²) in [6.07, 6.45) is 7.97. The molecule has 156 valence electrons. The first kappa shape index (κ1) is 22.5. The largest absolute Gasteiger partial charge is 0.493 e. The second kappa shape index (κ2) is 11.3. The Morgan fingerprint density at radius 1 is 1.00 bits per heavy atom. The minimum Gasteiger partial charge on any atom is -0.493 e. The summed E-state index contributed by atoms with van der Waals surface area (Å²) in [5, 5.41) is 2.98. The van der Waals surface area contributed by atoms with E-state index in [0.717, 1.165) is 34.5 Å². The van der Waals surface area contributed by atoms with Crippen molar-refractivity contribution in [2.45, 2.75) is 53.4 Å². The van der Waals surface area contributed by atoms with Gasteiger partial charge in [0, 0.05) is 11.8 Å². The summed E-state index contributed by atoms with van der Waals surface area (Å²) >= 11 is 0. The van der Waals surface area contributed by atoms with Crippen molar-refractivity contribution in [2.24, 2.45) is 0 Å². The fraction of sp³-hybridized carbons (Fsp3) is 0.400. The van der Waals surface area contributed by atoms with Crippen molar-refractivity contribution in [1.82, 2.24) is 0 Å². The molecule has 0 heterocycles. The second-order valence-electron chi connectivity index (χ2n) is 7.42. The Balaban J connectivity index is 2.00. The van der Waals surface area contributed by atoms with Crippen LogP contribution >= 0.6 is 0 Å². The van der Waals surface area contributed by atoms with E-state index in [1.54, 1.807) is 19.3 Å². The van der Waals surface area contributed by atoms with Crippen LogP contribution in [0.25, 0.3) is 6.08 Å². The van der Waals surface area contributed by atoms with Crippen molar-refractivity contribution in [3.05, 3.63) is 58.7 Å². The van der Waals surface area contributed by atoms with Crippen LogP contribution in [0.3, 0.4) is 0 Å². The molecule has 0 aliphatic heterocycles. The maximum Gasteiger partial charge on any atom is 0.248 e. The predicted octanol–water partition coefficient (Wildman–Crippen LogP) is 6.23. The monoisotopic (exact) mass is 395 g/mol. The standard InChI is InChI=1S/C25H33NO3/c1-6-7-8-9-14-29-22-12-10-21(17-23(22)28-5)11-13-24(27)26-25-19(3)15-18(2)16-20(25)4/h10-13,15-17H,6-9,14H2,1-5H3,(H,26,27)/b13-11+. The molecule has 0 aromatic heterocycles. The zero-order valence-electron chi connectivity index (χ0n) is 18.3. The van der Waals surface area contributed by atoms with E-state index in [2.05, 4.69) is 31.3 Å². The summed E-state index contributed by atoms with van der Waals surface area (Å²) in [5.74, 6) is 1.25. The number of carbonyl (C=O) groups excluding carboxylic acids is 1. The first-order valence-electron chi connectivity index (χ1n) is 10.3. The van der Waals surface area contributed by atoms with Crippen LogP contribution in [0.5, 0.6) is 11.5 Å². The Morgan fingerprint density at radius 2 is 1.72 bits per heavy atom. The predicted molar refractivity (Wildman–Crippen MR) is 121 cm³/mol. The van der Waals surface area contributed by atoms with Crippen LogP contribution in [0.15, 0.2) is 36.4 Å². The van der Waals surface area contributed by atoms with Gasteiger partial charge in [-0.1, -0.05) is 49.9 Å². The summed E-state index contributed by atoms with van der Waals surface area (Å²) in [5.41, 5.74) is 5.06. The van der Waals surface area contributed by atoms with Gasteiger partial charge >= 0.3 is 0 Å². The van der Waals surface area contributed by atoms with Crippen LogP contribution < -0.4 is 14.8 Å². The molecule has 0 aliphatic rings. The molecule has 1 N–H and O–H groups in total. The summed E-state index contributed by atoms with van der Waals surface area (Å²) < 4.78 is 11.3. The molecule has 0 bridgehead atoms. The zero-order valence-corrected chi connectivity index (χ0v) is 18.3. The summed E-state index contributed by atoms with van der Waals surface area (Å²) in [6.45, 7) is 8.94. The van der Waals surface area contributed by atoms with Gasteiger partial charge in [0.15, 0.2) is 11.5 Å². The highest BCUT2D eigenvalue weighted by molar-refractivity contribution is 6.02. The van der Waals surface area contributed by atoms with Crippen molar-refractivity contribution < 1.29 is 14.3 Å². The molecule has 29 heavy (non-hydrogen) atoms. The summed E-state index contributed by atoms with van der Waals surface area (Å²) in [6, 6.07) is 9.84. The highest BCUT2D eigenvalue weighted by atomic mass is 16.5. The minimum atomic E-state index is -0.157. The maximum absolute atomic E-state index is 12.4. The van der Waals surface area contributed by atoms with Crippen LogP contribution in [0.4, 0.5) is 5.69 Å². The number of unbranched alkanes of at least 4 members (excludes halogenated alkanes) is 3. The average molecular weight is 396 g/mol. The quantitative estimate of drug-likeness (QED) is 0.383. The van der Waals surface area contributed by atoms with Gasteiger partial charge in [-0.2, -0.15) is 0 Å². The Morgan fingerprint density at radius 3 is 2.38 bits per heavy atom. The highest BCUT2D eigenvalue weighted by Crippen LogP contribution is 2.29. The lowest BCUT2D eigenvalue weighted by atomic mass is 10.1. The van der Waals surface area contributed by atoms with Gasteiger partial charge in [-0.3, -0.25) is 4.79 Å². The number of nitrogens with one attached hydrogen (secondary N) is 1. The van der Waals surface area contributed by atoms with Crippen molar-refractivity contribution >= 4 is 17.7 Å². The van der Waals surface area contributed by atoms with Gasteiger partial charge in [-0.15, -0.1) is 0 Å². The molecule has 4 heteroatoms. The lowest BCUT2D eigenvalue weighted by Crippen LogP contribution is -2.10. The maximum atomic E-state index is 12.4. The van der Waals surface area contributed by atoms with Gasteiger partial charge in [-0.25, -0.2) is 0 Å². The number of benzene rings is 2. The molecule has 0 saturated heterocycles. The molecule has 2 rings (SSSR count). The number of hydrogen-bond acceptors (Lipinski definition) is 3. The number of amides is 1. The van der Waals surface area contributed by atoms with E-state index in [4.69, 9.17) is 9.47 Å². The Bertz CT molecular complexity index is 832. The molecular weight excluding hydrogens is 362 g/mol. The van der Waals surface area contributed by atoms with Crippen LogP contribution in [-0.4, -0.2) is 19.6 Å². The molecule has 2 aromatic carbocycles. The second-order valence-corrected chi connectivity index (χ2v) is 7.42. The van der Waals surface area contributed by atoms with Crippen LogP contribution in [-0.2, 0) is 4.79 Å². The molecule has 0 unspecified atom stereocenters. The van der Waals surface area contributed by atoms with Gasteiger partial charge in [-0.05, 0) is 62.1 Å². The van der Waals surface area contributed by atoms with Crippen molar-refractivity contribution in [2.75, 3.05) is 19.0 Å². The van der Waals surface area contributed by atoms with Gasteiger partial charge < -0.3 is 14.8 Å². The lowest BCUT2D eigenvalue weighted by molar-refractivity contribution is -0.111. The van der Waals surface area contributed by atoms with Crippen LogP contribution in [0.1, 0.15) is 54.9 Å². The Labute approximate surface area is 174 Å². The third-order valence-corrected chi connectivity index (χ3v) is 4.80. The zero-order chi connectivity index (χ0) is 21.2. The number of hydrogen-bond donors (Lipinski definition) is 1. The lowest BCUT2D eigenvalue weighted by Gasteiger charge is -2.12. The molecule has 0 fully saturated rings. The molecule has 2 aromatic rings. The molecule has 0 spiro atoms. The number of anilines is 1. The highest BCUT2D eigenvalue weighted by Gasteiger charge is 2.07. The first-order chi connectivity index (χ1) is 13.9. The SMILES string of the molecule is CCCCCCOc1ccc(/C=C/C(=O)Nc2c(C)cc(C)cc2C)cc1OC. The van der Waals surface area contributed by atoms with E-state index in [1.807, 2.05) is 32.0 Å². The van der Waals surface area contributed by atoms with E-state index < -0.39 is 0 Å². The third-order valence-electron chi connectivity index (χ3n) is 4.80. The van der Waals surface area contributed by atoms with Crippen LogP contribution in [0, 0.1) is 20.8 Å². The average Bonchev–Trinajstić information content (AvgIpc) is 2.69. The van der Waals surface area contributed by atoms with E-state index in [1.165, 1.54) is 24.8 Å². The Kier molecular flexibility index (Phi) is 8.78. The fourth-order valence-electron chi connectivity index (χ4n) is 3.33. The fourth-order valence-corrected chi connectivity index (χ4v) is 3.33. The van der Waals surface area contributed by atoms with Crippen molar-refractivity contribution in [1.29, 1.82) is 0 Å². The number of rotatable bonds is 10. The van der Waals surface area contributed by atoms with Gasteiger partial charge in [0.05, 0.1) is 13.7 Å². The van der Waals surface area contributed by atoms with E-state index >= 15 is 0 Å². The van der Waals surface area contributed by atoms with E-state index in [0.29, 0.717) is 12.4 Å². The molecule has 0 atom stereocenters. The van der Waals surface area contributed by atoms with Gasteiger partial charge in [0.25, 0.3) is 0 Å². The smallest absolute Gasteiger partial charge is 0.248 e. The summed E-state index contributed by atoms with van der Waals surface area (Å²) in [4.78, 5) is 12.4. The topological polar surface area (TPSA) is 47.6 Å². The Hall–Kier alpha value is -2.75. The van der Waals surface area contributed by atoms with E-state index in [-0.39, 0.29) is 5.91 Å². The molecule has 4 nitrogen and oxygen atoms in total. The summed E-state index contributed by atoms with van der Waals surface area (Å²) in [7, 11) is 1.63. The molecule has 0 saturated carbocycles. The van der Waals surface area contributed by atoms with E-state index in [9.17, 15) is 4.79 Å². The van der Waals surface area contributed by atoms with Crippen LogP contribution in [0.2, 0.25) is 0 Å².